The SMILES string of the molecule is O=C(CC1CC1)N1Cc2ccnn2CC(CCNc2ncccn2)C1.O=C(O)C(F)(F)F. The summed E-state index contributed by atoms with van der Waals surface area (Å²) in [4.78, 5) is 31.9. The van der Waals surface area contributed by atoms with Crippen molar-refractivity contribution in [2.75, 3.05) is 18.4 Å². The van der Waals surface area contributed by atoms with Gasteiger partial charge in [-0.3, -0.25) is 9.48 Å². The molecule has 0 saturated heterocycles. The van der Waals surface area contributed by atoms with E-state index < -0.39 is 12.1 Å². The van der Waals surface area contributed by atoms with Gasteiger partial charge in [-0.05, 0) is 43.2 Å². The fourth-order valence-corrected chi connectivity index (χ4v) is 3.38. The average Bonchev–Trinajstić information content (AvgIpc) is 3.49. The van der Waals surface area contributed by atoms with Gasteiger partial charge in [0.1, 0.15) is 0 Å². The summed E-state index contributed by atoms with van der Waals surface area (Å²) in [5, 5.41) is 14.8. The number of carbonyl (C=O) groups is 2. The first-order valence-electron chi connectivity index (χ1n) is 10.3. The number of hydrogen-bond donors (Lipinski definition) is 2. The Morgan fingerprint density at radius 1 is 1.12 bits per heavy atom. The molecule has 174 valence electrons. The number of carbonyl (C=O) groups excluding carboxylic acids is 1. The molecular weight excluding hydrogens is 429 g/mol. The first-order valence-corrected chi connectivity index (χ1v) is 10.3. The number of aromatic nitrogens is 4. The molecule has 0 aromatic carbocycles. The highest BCUT2D eigenvalue weighted by Gasteiger charge is 2.38. The minimum atomic E-state index is -5.08. The van der Waals surface area contributed by atoms with E-state index >= 15 is 0 Å². The zero-order valence-electron chi connectivity index (χ0n) is 17.3. The normalized spacial score (nSPS) is 18.1. The summed E-state index contributed by atoms with van der Waals surface area (Å²) in [5.41, 5.74) is 1.13. The standard InChI is InChI=1S/C18H24N6O.C2HF3O2/c25-17(10-14-2-3-14)23-11-15(12-24-16(13-23)5-9-22-24)4-8-21-18-19-6-1-7-20-18;3-2(4,5)1(6)7/h1,5-7,9,14-15H,2-4,8,10-13H2,(H,19,20,21);(H,6,7). The molecule has 2 aromatic heterocycles. The summed E-state index contributed by atoms with van der Waals surface area (Å²) in [6.45, 7) is 3.12. The largest absolute Gasteiger partial charge is 0.490 e. The van der Waals surface area contributed by atoms with Gasteiger partial charge in [0.25, 0.3) is 0 Å². The van der Waals surface area contributed by atoms with E-state index in [0.717, 1.165) is 31.7 Å². The number of anilines is 1. The molecule has 1 amide bonds. The molecule has 2 aliphatic rings. The monoisotopic (exact) mass is 454 g/mol. The summed E-state index contributed by atoms with van der Waals surface area (Å²) in [5.74, 6) is -0.817. The number of amides is 1. The van der Waals surface area contributed by atoms with Crippen LogP contribution in [-0.4, -0.2) is 60.9 Å². The van der Waals surface area contributed by atoms with Gasteiger partial charge in [-0.2, -0.15) is 18.3 Å². The molecule has 1 fully saturated rings. The maximum atomic E-state index is 12.6. The van der Waals surface area contributed by atoms with Crippen molar-refractivity contribution < 1.29 is 27.9 Å². The summed E-state index contributed by atoms with van der Waals surface area (Å²) >= 11 is 0. The molecule has 12 heteroatoms. The Labute approximate surface area is 182 Å². The summed E-state index contributed by atoms with van der Waals surface area (Å²) < 4.78 is 33.8. The molecule has 0 radical (unpaired) electrons. The van der Waals surface area contributed by atoms with E-state index in [1.165, 1.54) is 12.8 Å². The van der Waals surface area contributed by atoms with Crippen LogP contribution in [0.1, 0.15) is 31.4 Å². The van der Waals surface area contributed by atoms with Crippen molar-refractivity contribution >= 4 is 17.8 Å². The Hall–Kier alpha value is -3.18. The predicted octanol–water partition coefficient (Wildman–Crippen LogP) is 2.57. The zero-order chi connectivity index (χ0) is 23.1. The minimum Gasteiger partial charge on any atom is -0.475 e. The maximum absolute atomic E-state index is 12.6. The van der Waals surface area contributed by atoms with Crippen LogP contribution < -0.4 is 5.32 Å². The highest BCUT2D eigenvalue weighted by Crippen LogP contribution is 2.33. The number of fused-ring (bicyclic) bond motifs is 1. The van der Waals surface area contributed by atoms with Crippen molar-refractivity contribution in [2.45, 2.75) is 44.9 Å². The summed E-state index contributed by atoms with van der Waals surface area (Å²) in [7, 11) is 0. The van der Waals surface area contributed by atoms with E-state index in [1.807, 2.05) is 21.8 Å². The number of hydrogen-bond acceptors (Lipinski definition) is 6. The van der Waals surface area contributed by atoms with Crippen LogP contribution in [0.4, 0.5) is 19.1 Å². The van der Waals surface area contributed by atoms with Crippen LogP contribution in [0.15, 0.2) is 30.7 Å². The number of carboxylic acid groups (broad SMARTS) is 1. The fourth-order valence-electron chi connectivity index (χ4n) is 3.38. The first-order chi connectivity index (χ1) is 15.2. The van der Waals surface area contributed by atoms with Gasteiger partial charge < -0.3 is 15.3 Å². The number of aliphatic carboxylic acids is 1. The van der Waals surface area contributed by atoms with E-state index in [0.29, 0.717) is 36.7 Å². The lowest BCUT2D eigenvalue weighted by Gasteiger charge is -2.24. The quantitative estimate of drug-likeness (QED) is 0.690. The van der Waals surface area contributed by atoms with Gasteiger partial charge in [-0.15, -0.1) is 0 Å². The second kappa shape index (κ2) is 10.4. The van der Waals surface area contributed by atoms with E-state index in [9.17, 15) is 18.0 Å². The topological polar surface area (TPSA) is 113 Å². The molecule has 4 rings (SSSR count). The molecule has 2 N–H and O–H groups in total. The van der Waals surface area contributed by atoms with Crippen molar-refractivity contribution in [1.82, 2.24) is 24.6 Å². The van der Waals surface area contributed by atoms with Crippen LogP contribution in [0.2, 0.25) is 0 Å². The third-order valence-corrected chi connectivity index (χ3v) is 5.22. The molecular formula is C20H25F3N6O3. The highest BCUT2D eigenvalue weighted by molar-refractivity contribution is 5.76. The van der Waals surface area contributed by atoms with Crippen LogP contribution in [0.3, 0.4) is 0 Å². The molecule has 1 aliphatic carbocycles. The van der Waals surface area contributed by atoms with Gasteiger partial charge in [-0.25, -0.2) is 14.8 Å². The number of nitrogens with zero attached hydrogens (tertiary/aromatic N) is 5. The zero-order valence-corrected chi connectivity index (χ0v) is 17.3. The van der Waals surface area contributed by atoms with E-state index in [4.69, 9.17) is 9.90 Å². The summed E-state index contributed by atoms with van der Waals surface area (Å²) in [6.07, 6.45) is 4.29. The fraction of sp³-hybridized carbons (Fsp3) is 0.550. The number of nitrogens with one attached hydrogen (secondary N) is 1. The smallest absolute Gasteiger partial charge is 0.475 e. The van der Waals surface area contributed by atoms with Gasteiger partial charge in [0.15, 0.2) is 0 Å². The lowest BCUT2D eigenvalue weighted by atomic mass is 10.0. The van der Waals surface area contributed by atoms with E-state index in [2.05, 4.69) is 20.4 Å². The molecule has 32 heavy (non-hydrogen) atoms. The molecule has 9 nitrogen and oxygen atoms in total. The number of alkyl halides is 3. The van der Waals surface area contributed by atoms with Crippen LogP contribution >= 0.6 is 0 Å². The first kappa shape index (κ1) is 23.5. The third-order valence-electron chi connectivity index (χ3n) is 5.22. The molecule has 3 heterocycles. The Morgan fingerprint density at radius 2 is 1.81 bits per heavy atom. The van der Waals surface area contributed by atoms with E-state index in [1.54, 1.807) is 18.5 Å². The highest BCUT2D eigenvalue weighted by atomic mass is 19.4. The van der Waals surface area contributed by atoms with Gasteiger partial charge >= 0.3 is 12.1 Å². The van der Waals surface area contributed by atoms with Crippen molar-refractivity contribution in [2.24, 2.45) is 11.8 Å². The minimum absolute atomic E-state index is 0.293. The lowest BCUT2D eigenvalue weighted by Crippen LogP contribution is -2.34. The molecule has 1 atom stereocenters. The summed E-state index contributed by atoms with van der Waals surface area (Å²) in [6, 6.07) is 3.83. The second-order valence-electron chi connectivity index (χ2n) is 7.88. The Balaban J connectivity index is 0.000000360. The molecule has 1 aliphatic heterocycles. The molecule has 1 saturated carbocycles. The van der Waals surface area contributed by atoms with Crippen molar-refractivity contribution in [3.05, 3.63) is 36.4 Å². The lowest BCUT2D eigenvalue weighted by molar-refractivity contribution is -0.192. The van der Waals surface area contributed by atoms with Crippen LogP contribution in [0, 0.1) is 11.8 Å². The second-order valence-corrected chi connectivity index (χ2v) is 7.88. The molecule has 0 spiro atoms. The third kappa shape index (κ3) is 7.20. The van der Waals surface area contributed by atoms with Gasteiger partial charge in [0.05, 0.1) is 12.2 Å². The molecule has 0 bridgehead atoms. The number of carboxylic acids is 1. The predicted molar refractivity (Wildman–Crippen MR) is 107 cm³/mol. The van der Waals surface area contributed by atoms with Crippen molar-refractivity contribution in [3.8, 4) is 0 Å². The number of halogens is 3. The molecule has 2 aromatic rings. The van der Waals surface area contributed by atoms with Crippen LogP contribution in [-0.2, 0) is 22.7 Å². The Kier molecular flexibility index (Phi) is 7.65. The maximum Gasteiger partial charge on any atom is 0.490 e. The van der Waals surface area contributed by atoms with Gasteiger partial charge in [-0.1, -0.05) is 0 Å². The van der Waals surface area contributed by atoms with Gasteiger partial charge in [0.2, 0.25) is 11.9 Å². The average molecular weight is 454 g/mol. The Bertz CT molecular complexity index is 901. The Morgan fingerprint density at radius 3 is 2.44 bits per heavy atom. The van der Waals surface area contributed by atoms with Crippen LogP contribution in [0.25, 0.3) is 0 Å². The number of rotatable bonds is 6. The van der Waals surface area contributed by atoms with E-state index in [-0.39, 0.29) is 0 Å². The van der Waals surface area contributed by atoms with Crippen molar-refractivity contribution in [1.29, 1.82) is 0 Å². The molecule has 1 unspecified atom stereocenters. The van der Waals surface area contributed by atoms with Crippen LogP contribution in [0.5, 0.6) is 0 Å². The van der Waals surface area contributed by atoms with Crippen molar-refractivity contribution in [3.63, 3.8) is 0 Å². The van der Waals surface area contributed by atoms with Gasteiger partial charge in [0, 0.05) is 44.6 Å².